The molecule has 82 valence electrons. The number of halogens is 1. The lowest BCUT2D eigenvalue weighted by atomic mass is 10.2. The summed E-state index contributed by atoms with van der Waals surface area (Å²) in [6.45, 7) is 1.95. The van der Waals surface area contributed by atoms with Gasteiger partial charge in [0.2, 0.25) is 5.69 Å². The second kappa shape index (κ2) is 3.94. The minimum Gasteiger partial charge on any atom is -0.476 e. The summed E-state index contributed by atoms with van der Waals surface area (Å²) in [6.07, 6.45) is 0. The summed E-state index contributed by atoms with van der Waals surface area (Å²) in [5.41, 5.74) is 1.52. The molecule has 2 aromatic rings. The van der Waals surface area contributed by atoms with E-state index in [2.05, 4.69) is 10.2 Å². The molecule has 1 heterocycles. The maximum absolute atomic E-state index is 10.7. The number of hydrogen-bond acceptors (Lipinski definition) is 3. The summed E-state index contributed by atoms with van der Waals surface area (Å²) in [7, 11) is 0. The monoisotopic (exact) mass is 237 g/mol. The summed E-state index contributed by atoms with van der Waals surface area (Å²) in [5, 5.41) is 16.3. The zero-order valence-electron chi connectivity index (χ0n) is 8.38. The van der Waals surface area contributed by atoms with Crippen LogP contribution in [0.1, 0.15) is 16.1 Å². The molecule has 6 heteroatoms. The fourth-order valence-corrected chi connectivity index (χ4v) is 1.40. The van der Waals surface area contributed by atoms with Crippen molar-refractivity contribution in [3.63, 3.8) is 0 Å². The zero-order valence-corrected chi connectivity index (χ0v) is 9.14. The molecule has 0 radical (unpaired) electrons. The first-order valence-electron chi connectivity index (χ1n) is 4.51. The number of aromatic carboxylic acids is 1. The van der Waals surface area contributed by atoms with E-state index in [4.69, 9.17) is 16.7 Å². The number of hydrogen-bond donors (Lipinski definition) is 1. The molecule has 1 aromatic carbocycles. The Labute approximate surface area is 96.3 Å². The summed E-state index contributed by atoms with van der Waals surface area (Å²) in [6, 6.07) is 7.34. The van der Waals surface area contributed by atoms with Gasteiger partial charge in [-0.2, -0.15) is 0 Å². The first-order chi connectivity index (χ1) is 7.58. The SMILES string of the molecule is Cc1ccc(-n2nc(Cl)c(C(=O)O)n2)cc1. The third kappa shape index (κ3) is 1.90. The fourth-order valence-electron chi connectivity index (χ4n) is 1.21. The molecular weight excluding hydrogens is 230 g/mol. The molecule has 0 spiro atoms. The van der Waals surface area contributed by atoms with Crippen molar-refractivity contribution in [1.82, 2.24) is 15.0 Å². The van der Waals surface area contributed by atoms with E-state index in [1.165, 1.54) is 4.80 Å². The van der Waals surface area contributed by atoms with Gasteiger partial charge in [0.05, 0.1) is 5.69 Å². The Morgan fingerprint density at radius 3 is 2.44 bits per heavy atom. The highest BCUT2D eigenvalue weighted by molar-refractivity contribution is 6.31. The molecule has 16 heavy (non-hydrogen) atoms. The quantitative estimate of drug-likeness (QED) is 0.867. The van der Waals surface area contributed by atoms with E-state index in [-0.39, 0.29) is 10.8 Å². The minimum absolute atomic E-state index is 0.118. The Morgan fingerprint density at radius 1 is 1.31 bits per heavy atom. The Bertz CT molecular complexity index is 533. The van der Waals surface area contributed by atoms with E-state index >= 15 is 0 Å². The lowest BCUT2D eigenvalue weighted by Gasteiger charge is -1.98. The number of benzene rings is 1. The maximum Gasteiger partial charge on any atom is 0.359 e. The van der Waals surface area contributed by atoms with E-state index in [0.717, 1.165) is 5.56 Å². The van der Waals surface area contributed by atoms with Gasteiger partial charge in [-0.05, 0) is 19.1 Å². The smallest absolute Gasteiger partial charge is 0.359 e. The van der Waals surface area contributed by atoms with Gasteiger partial charge in [-0.1, -0.05) is 29.3 Å². The Balaban J connectivity index is 2.45. The Hall–Kier alpha value is -1.88. The van der Waals surface area contributed by atoms with Crippen molar-refractivity contribution < 1.29 is 9.90 Å². The van der Waals surface area contributed by atoms with Crippen LogP contribution in [0.5, 0.6) is 0 Å². The lowest BCUT2D eigenvalue weighted by molar-refractivity contribution is 0.0690. The highest BCUT2D eigenvalue weighted by atomic mass is 35.5. The molecule has 5 nitrogen and oxygen atoms in total. The van der Waals surface area contributed by atoms with Crippen molar-refractivity contribution in [2.45, 2.75) is 6.92 Å². The van der Waals surface area contributed by atoms with Gasteiger partial charge < -0.3 is 5.11 Å². The molecule has 1 aromatic heterocycles. The zero-order chi connectivity index (χ0) is 11.7. The van der Waals surface area contributed by atoms with Crippen molar-refractivity contribution in [1.29, 1.82) is 0 Å². The number of aromatic nitrogens is 3. The van der Waals surface area contributed by atoms with Crippen LogP contribution in [0.4, 0.5) is 0 Å². The number of nitrogens with zero attached hydrogens (tertiary/aromatic N) is 3. The van der Waals surface area contributed by atoms with Crippen LogP contribution >= 0.6 is 11.6 Å². The Morgan fingerprint density at radius 2 is 1.94 bits per heavy atom. The molecule has 1 N–H and O–H groups in total. The van der Waals surface area contributed by atoms with Gasteiger partial charge in [0, 0.05) is 0 Å². The summed E-state index contributed by atoms with van der Waals surface area (Å²) < 4.78 is 0. The molecule has 0 saturated carbocycles. The van der Waals surface area contributed by atoms with Crippen molar-refractivity contribution in [3.05, 3.63) is 40.7 Å². The van der Waals surface area contributed by atoms with E-state index in [9.17, 15) is 4.79 Å². The van der Waals surface area contributed by atoms with Gasteiger partial charge in [-0.3, -0.25) is 0 Å². The van der Waals surface area contributed by atoms with Crippen LogP contribution in [0.25, 0.3) is 5.69 Å². The second-order valence-electron chi connectivity index (χ2n) is 3.27. The van der Waals surface area contributed by atoms with Crippen LogP contribution in [0, 0.1) is 6.92 Å². The molecule has 0 bridgehead atoms. The molecule has 0 aliphatic carbocycles. The number of carbonyl (C=O) groups is 1. The summed E-state index contributed by atoms with van der Waals surface area (Å²) in [5.74, 6) is -1.19. The van der Waals surface area contributed by atoms with Gasteiger partial charge in [0.1, 0.15) is 0 Å². The number of aryl methyl sites for hydroxylation is 1. The average Bonchev–Trinajstić information content (AvgIpc) is 2.61. The molecule has 0 atom stereocenters. The van der Waals surface area contributed by atoms with Gasteiger partial charge in [-0.15, -0.1) is 15.0 Å². The highest BCUT2D eigenvalue weighted by Crippen LogP contribution is 2.13. The molecule has 0 saturated heterocycles. The topological polar surface area (TPSA) is 68.0 Å². The van der Waals surface area contributed by atoms with Gasteiger partial charge in [0.15, 0.2) is 5.15 Å². The van der Waals surface area contributed by atoms with Gasteiger partial charge in [-0.25, -0.2) is 4.79 Å². The predicted molar refractivity (Wildman–Crippen MR) is 58.1 cm³/mol. The molecule has 0 fully saturated rings. The van der Waals surface area contributed by atoms with Crippen molar-refractivity contribution in [2.75, 3.05) is 0 Å². The first kappa shape index (κ1) is 10.6. The molecule has 0 amide bonds. The number of carboxylic acid groups (broad SMARTS) is 1. The maximum atomic E-state index is 10.7. The standard InChI is InChI=1S/C10H8ClN3O2/c1-6-2-4-7(5-3-6)14-12-8(10(15)16)9(11)13-14/h2-5H,1H3,(H,15,16). The molecule has 0 aliphatic rings. The van der Waals surface area contributed by atoms with Crippen molar-refractivity contribution in [3.8, 4) is 5.69 Å². The van der Waals surface area contributed by atoms with Gasteiger partial charge in [0.25, 0.3) is 0 Å². The van der Waals surface area contributed by atoms with Crippen LogP contribution in [0.3, 0.4) is 0 Å². The molecule has 0 unspecified atom stereocenters. The van der Waals surface area contributed by atoms with Crippen molar-refractivity contribution in [2.24, 2.45) is 0 Å². The third-order valence-corrected chi connectivity index (χ3v) is 2.29. The highest BCUT2D eigenvalue weighted by Gasteiger charge is 2.16. The second-order valence-corrected chi connectivity index (χ2v) is 3.63. The summed E-state index contributed by atoms with van der Waals surface area (Å²) >= 11 is 5.65. The Kier molecular flexibility index (Phi) is 2.62. The van der Waals surface area contributed by atoms with Crippen LogP contribution in [0.15, 0.2) is 24.3 Å². The molecular formula is C10H8ClN3O2. The van der Waals surface area contributed by atoms with Crippen LogP contribution in [-0.2, 0) is 0 Å². The predicted octanol–water partition coefficient (Wildman–Crippen LogP) is 1.93. The average molecular weight is 238 g/mol. The minimum atomic E-state index is -1.19. The van der Waals surface area contributed by atoms with Crippen molar-refractivity contribution >= 4 is 17.6 Å². The van der Waals surface area contributed by atoms with Crippen LogP contribution in [-0.4, -0.2) is 26.1 Å². The van der Waals surface area contributed by atoms with E-state index < -0.39 is 5.97 Å². The number of rotatable bonds is 2. The first-order valence-corrected chi connectivity index (χ1v) is 4.89. The third-order valence-electron chi connectivity index (χ3n) is 2.04. The molecule has 2 rings (SSSR count). The van der Waals surface area contributed by atoms with E-state index in [0.29, 0.717) is 5.69 Å². The fraction of sp³-hybridized carbons (Fsp3) is 0.100. The van der Waals surface area contributed by atoms with Crippen LogP contribution < -0.4 is 0 Å². The van der Waals surface area contributed by atoms with Crippen LogP contribution in [0.2, 0.25) is 5.15 Å². The molecule has 0 aliphatic heterocycles. The normalized spacial score (nSPS) is 10.4. The number of carboxylic acids is 1. The summed E-state index contributed by atoms with van der Waals surface area (Å²) in [4.78, 5) is 11.9. The lowest BCUT2D eigenvalue weighted by Crippen LogP contribution is -2.02. The van der Waals surface area contributed by atoms with Gasteiger partial charge >= 0.3 is 5.97 Å². The van der Waals surface area contributed by atoms with E-state index in [1.54, 1.807) is 12.1 Å². The largest absolute Gasteiger partial charge is 0.476 e. The van der Waals surface area contributed by atoms with E-state index in [1.807, 2.05) is 19.1 Å².